The minimum atomic E-state index is -0.376. The number of aromatic nitrogens is 2. The van der Waals surface area contributed by atoms with Crippen molar-refractivity contribution < 1.29 is 14.3 Å². The Labute approximate surface area is 155 Å². The average Bonchev–Trinajstić information content (AvgIpc) is 3.37. The predicted molar refractivity (Wildman–Crippen MR) is 102 cm³/mol. The Hall–Kier alpha value is -3.87. The zero-order valence-electron chi connectivity index (χ0n) is 14.3. The van der Waals surface area contributed by atoms with E-state index in [4.69, 9.17) is 9.47 Å². The SMILES string of the molecule is O=C(NN=CC=Cc1ccccc1)c1cc(-c2ccc3c(c2)OCO3)n[nH]1. The van der Waals surface area contributed by atoms with Gasteiger partial charge in [-0.25, -0.2) is 5.43 Å². The van der Waals surface area contributed by atoms with Gasteiger partial charge in [0, 0.05) is 11.8 Å². The summed E-state index contributed by atoms with van der Waals surface area (Å²) in [6.45, 7) is 0.212. The monoisotopic (exact) mass is 360 g/mol. The van der Waals surface area contributed by atoms with E-state index in [-0.39, 0.29) is 12.7 Å². The second kappa shape index (κ2) is 7.57. The number of nitrogens with zero attached hydrogens (tertiary/aromatic N) is 2. The highest BCUT2D eigenvalue weighted by Crippen LogP contribution is 2.35. The van der Waals surface area contributed by atoms with E-state index in [9.17, 15) is 4.79 Å². The molecule has 0 saturated carbocycles. The lowest BCUT2D eigenvalue weighted by Crippen LogP contribution is -2.17. The molecule has 0 aliphatic carbocycles. The lowest BCUT2D eigenvalue weighted by atomic mass is 10.1. The van der Waals surface area contributed by atoms with E-state index in [0.717, 1.165) is 11.1 Å². The molecule has 7 heteroatoms. The molecule has 134 valence electrons. The molecule has 3 aromatic rings. The summed E-state index contributed by atoms with van der Waals surface area (Å²) in [5, 5.41) is 10.8. The van der Waals surface area contributed by atoms with Crippen LogP contribution in [-0.2, 0) is 0 Å². The number of nitrogens with one attached hydrogen (secondary N) is 2. The molecule has 2 N–H and O–H groups in total. The number of fused-ring (bicyclic) bond motifs is 1. The minimum absolute atomic E-state index is 0.212. The fraction of sp³-hybridized carbons (Fsp3) is 0.0500. The standard InChI is InChI=1S/C20H16N4O3/c25-20(24-21-10-4-7-14-5-2-1-3-6-14)17-12-16(22-23-17)15-8-9-18-19(11-15)27-13-26-18/h1-12H,13H2,(H,22,23)(H,24,25). The Kier molecular flexibility index (Phi) is 4.65. The molecule has 0 saturated heterocycles. The van der Waals surface area contributed by atoms with Crippen molar-refractivity contribution in [2.45, 2.75) is 0 Å². The molecule has 0 bridgehead atoms. The average molecular weight is 360 g/mol. The fourth-order valence-electron chi connectivity index (χ4n) is 2.56. The highest BCUT2D eigenvalue weighted by molar-refractivity contribution is 5.94. The van der Waals surface area contributed by atoms with Gasteiger partial charge in [-0.05, 0) is 35.9 Å². The van der Waals surface area contributed by atoms with Crippen LogP contribution in [0.15, 0.2) is 65.8 Å². The number of rotatable bonds is 5. The number of allylic oxidation sites excluding steroid dienone is 1. The smallest absolute Gasteiger partial charge is 0.289 e. The highest BCUT2D eigenvalue weighted by Gasteiger charge is 2.16. The van der Waals surface area contributed by atoms with E-state index in [1.54, 1.807) is 12.1 Å². The van der Waals surface area contributed by atoms with Gasteiger partial charge in [-0.1, -0.05) is 36.4 Å². The summed E-state index contributed by atoms with van der Waals surface area (Å²) in [7, 11) is 0. The summed E-state index contributed by atoms with van der Waals surface area (Å²) in [6.07, 6.45) is 5.16. The Morgan fingerprint density at radius 2 is 1.96 bits per heavy atom. The number of carbonyl (C=O) groups excluding carboxylic acids is 1. The predicted octanol–water partition coefficient (Wildman–Crippen LogP) is 3.23. The first-order chi connectivity index (χ1) is 13.3. The number of benzene rings is 2. The molecule has 0 radical (unpaired) electrons. The van der Waals surface area contributed by atoms with Crippen LogP contribution in [0.4, 0.5) is 0 Å². The van der Waals surface area contributed by atoms with Crippen molar-refractivity contribution in [3.63, 3.8) is 0 Å². The zero-order valence-corrected chi connectivity index (χ0v) is 14.3. The summed E-state index contributed by atoms with van der Waals surface area (Å²) in [6, 6.07) is 17.0. The maximum Gasteiger partial charge on any atom is 0.289 e. The molecule has 4 rings (SSSR count). The van der Waals surface area contributed by atoms with Crippen LogP contribution in [-0.4, -0.2) is 29.1 Å². The molecule has 0 atom stereocenters. The van der Waals surface area contributed by atoms with Crippen LogP contribution < -0.4 is 14.9 Å². The molecular formula is C20H16N4O3. The number of hydrogen-bond donors (Lipinski definition) is 2. The third-order valence-electron chi connectivity index (χ3n) is 3.91. The van der Waals surface area contributed by atoms with Crippen molar-refractivity contribution in [1.82, 2.24) is 15.6 Å². The summed E-state index contributed by atoms with van der Waals surface area (Å²) in [4.78, 5) is 12.1. The van der Waals surface area contributed by atoms with Crippen molar-refractivity contribution >= 4 is 18.2 Å². The Morgan fingerprint density at radius 3 is 2.85 bits per heavy atom. The number of amides is 1. The lowest BCUT2D eigenvalue weighted by Gasteiger charge is -1.98. The first-order valence-electron chi connectivity index (χ1n) is 8.30. The molecule has 2 aromatic carbocycles. The van der Waals surface area contributed by atoms with Gasteiger partial charge < -0.3 is 9.47 Å². The Morgan fingerprint density at radius 1 is 1.11 bits per heavy atom. The van der Waals surface area contributed by atoms with Crippen LogP contribution in [0.3, 0.4) is 0 Å². The highest BCUT2D eigenvalue weighted by atomic mass is 16.7. The van der Waals surface area contributed by atoms with Gasteiger partial charge in [0.15, 0.2) is 11.5 Å². The van der Waals surface area contributed by atoms with Gasteiger partial charge in [0.2, 0.25) is 6.79 Å². The maximum absolute atomic E-state index is 12.1. The van der Waals surface area contributed by atoms with Crippen molar-refractivity contribution in [2.24, 2.45) is 5.10 Å². The summed E-state index contributed by atoms with van der Waals surface area (Å²) < 4.78 is 10.6. The van der Waals surface area contributed by atoms with Crippen LogP contribution in [0.2, 0.25) is 0 Å². The first kappa shape index (κ1) is 16.6. The molecule has 1 aromatic heterocycles. The zero-order chi connectivity index (χ0) is 18.5. The van der Waals surface area contributed by atoms with E-state index < -0.39 is 0 Å². The van der Waals surface area contributed by atoms with Gasteiger partial charge in [0.1, 0.15) is 5.69 Å². The third kappa shape index (κ3) is 3.87. The summed E-state index contributed by atoms with van der Waals surface area (Å²) in [5.74, 6) is 0.986. The normalized spacial score (nSPS) is 12.7. The van der Waals surface area contributed by atoms with E-state index >= 15 is 0 Å². The second-order valence-electron chi connectivity index (χ2n) is 5.72. The van der Waals surface area contributed by atoms with Crippen LogP contribution in [0.5, 0.6) is 11.5 Å². The molecule has 1 amide bonds. The molecule has 7 nitrogen and oxygen atoms in total. The van der Waals surface area contributed by atoms with Crippen LogP contribution >= 0.6 is 0 Å². The first-order valence-corrected chi connectivity index (χ1v) is 8.30. The number of hydrazone groups is 1. The lowest BCUT2D eigenvalue weighted by molar-refractivity contribution is 0.0950. The van der Waals surface area contributed by atoms with Crippen molar-refractivity contribution in [3.8, 4) is 22.8 Å². The molecule has 27 heavy (non-hydrogen) atoms. The largest absolute Gasteiger partial charge is 0.454 e. The molecule has 1 aliphatic rings. The van der Waals surface area contributed by atoms with E-state index in [1.807, 2.05) is 54.6 Å². The van der Waals surface area contributed by atoms with Crippen LogP contribution in [0, 0.1) is 0 Å². The number of ether oxygens (including phenoxy) is 2. The van der Waals surface area contributed by atoms with Gasteiger partial charge in [-0.15, -0.1) is 0 Å². The Balaban J connectivity index is 1.37. The van der Waals surface area contributed by atoms with Gasteiger partial charge in [-0.3, -0.25) is 9.89 Å². The number of carbonyl (C=O) groups is 1. The van der Waals surface area contributed by atoms with Gasteiger partial charge in [-0.2, -0.15) is 10.2 Å². The van der Waals surface area contributed by atoms with E-state index in [2.05, 4.69) is 20.7 Å². The van der Waals surface area contributed by atoms with Crippen molar-refractivity contribution in [3.05, 3.63) is 71.9 Å². The molecule has 0 fully saturated rings. The quantitative estimate of drug-likeness (QED) is 0.540. The minimum Gasteiger partial charge on any atom is -0.454 e. The van der Waals surface area contributed by atoms with Crippen molar-refractivity contribution in [2.75, 3.05) is 6.79 Å². The van der Waals surface area contributed by atoms with E-state index in [0.29, 0.717) is 22.9 Å². The molecule has 0 unspecified atom stereocenters. The number of hydrogen-bond acceptors (Lipinski definition) is 5. The maximum atomic E-state index is 12.1. The van der Waals surface area contributed by atoms with Gasteiger partial charge >= 0.3 is 0 Å². The molecule has 2 heterocycles. The second-order valence-corrected chi connectivity index (χ2v) is 5.72. The van der Waals surface area contributed by atoms with Crippen LogP contribution in [0.1, 0.15) is 16.1 Å². The Bertz CT molecular complexity index is 1010. The van der Waals surface area contributed by atoms with Crippen LogP contribution in [0.25, 0.3) is 17.3 Å². The van der Waals surface area contributed by atoms with E-state index in [1.165, 1.54) is 6.21 Å². The molecular weight excluding hydrogens is 344 g/mol. The third-order valence-corrected chi connectivity index (χ3v) is 3.91. The topological polar surface area (TPSA) is 88.6 Å². The summed E-state index contributed by atoms with van der Waals surface area (Å²) in [5.41, 5.74) is 5.27. The van der Waals surface area contributed by atoms with Gasteiger partial charge in [0.25, 0.3) is 5.91 Å². The fourth-order valence-corrected chi connectivity index (χ4v) is 2.56. The number of aromatic amines is 1. The summed E-state index contributed by atoms with van der Waals surface area (Å²) >= 11 is 0. The van der Waals surface area contributed by atoms with Crippen molar-refractivity contribution in [1.29, 1.82) is 0 Å². The number of H-pyrrole nitrogens is 1. The molecule has 1 aliphatic heterocycles. The van der Waals surface area contributed by atoms with Gasteiger partial charge in [0.05, 0.1) is 5.69 Å². The molecule has 0 spiro atoms.